The molecule has 3 amide bonds. The van der Waals surface area contributed by atoms with Crippen molar-refractivity contribution in [1.29, 1.82) is 0 Å². The summed E-state index contributed by atoms with van der Waals surface area (Å²) in [5.74, 6) is -0.314. The van der Waals surface area contributed by atoms with Crippen LogP contribution in [0.15, 0.2) is 28.9 Å². The van der Waals surface area contributed by atoms with E-state index < -0.39 is 5.92 Å². The molecule has 0 aliphatic carbocycles. The molecule has 1 aliphatic rings. The molecule has 3 rings (SSSR count). The molecule has 2 aromatic rings. The molecule has 1 aliphatic heterocycles. The standard InChI is InChI=1S/C18H20N2O5/c1-11(21)19-7-2-8-24-12-3-5-16-14(9-12)15(10-25-16)13-4-6-17(22)20-18(13)23/h3,5,9-10,13H,2,4,6-8H2,1H3,(H,19,21)(H,20,22,23). The first-order valence-electron chi connectivity index (χ1n) is 8.26. The van der Waals surface area contributed by atoms with Gasteiger partial charge >= 0.3 is 0 Å². The van der Waals surface area contributed by atoms with Crippen molar-refractivity contribution in [2.75, 3.05) is 13.2 Å². The maximum absolute atomic E-state index is 12.1. The van der Waals surface area contributed by atoms with Gasteiger partial charge in [-0.1, -0.05) is 0 Å². The Hall–Kier alpha value is -2.83. The van der Waals surface area contributed by atoms with Gasteiger partial charge in [-0.15, -0.1) is 0 Å². The molecule has 2 N–H and O–H groups in total. The number of amides is 3. The third-order valence-corrected chi connectivity index (χ3v) is 4.15. The molecule has 25 heavy (non-hydrogen) atoms. The molecule has 7 heteroatoms. The van der Waals surface area contributed by atoms with Gasteiger partial charge in [0.25, 0.3) is 0 Å². The van der Waals surface area contributed by atoms with Crippen LogP contribution in [0.4, 0.5) is 0 Å². The van der Waals surface area contributed by atoms with E-state index in [1.165, 1.54) is 6.92 Å². The van der Waals surface area contributed by atoms with Gasteiger partial charge in [-0.3, -0.25) is 19.7 Å². The first-order chi connectivity index (χ1) is 12.0. The van der Waals surface area contributed by atoms with E-state index >= 15 is 0 Å². The summed E-state index contributed by atoms with van der Waals surface area (Å²) in [4.78, 5) is 34.2. The number of imide groups is 1. The van der Waals surface area contributed by atoms with Crippen LogP contribution in [0, 0.1) is 0 Å². The van der Waals surface area contributed by atoms with Crippen LogP contribution in [0.3, 0.4) is 0 Å². The van der Waals surface area contributed by atoms with Crippen molar-refractivity contribution in [3.8, 4) is 5.75 Å². The van der Waals surface area contributed by atoms with Crippen LogP contribution in [0.2, 0.25) is 0 Å². The van der Waals surface area contributed by atoms with Gasteiger partial charge in [-0.05, 0) is 31.0 Å². The zero-order valence-corrected chi connectivity index (χ0v) is 14.0. The highest BCUT2D eigenvalue weighted by Crippen LogP contribution is 2.34. The Bertz CT molecular complexity index is 811. The number of fused-ring (bicyclic) bond motifs is 1. The van der Waals surface area contributed by atoms with E-state index in [9.17, 15) is 14.4 Å². The maximum atomic E-state index is 12.1. The highest BCUT2D eigenvalue weighted by molar-refractivity contribution is 6.02. The number of nitrogens with one attached hydrogen (secondary N) is 2. The van der Waals surface area contributed by atoms with Crippen LogP contribution >= 0.6 is 0 Å². The molecule has 1 aromatic heterocycles. The minimum Gasteiger partial charge on any atom is -0.494 e. The number of benzene rings is 1. The molecule has 1 atom stereocenters. The van der Waals surface area contributed by atoms with Gasteiger partial charge in [0, 0.05) is 30.8 Å². The lowest BCUT2D eigenvalue weighted by Gasteiger charge is -2.19. The first-order valence-corrected chi connectivity index (χ1v) is 8.26. The summed E-state index contributed by atoms with van der Waals surface area (Å²) >= 11 is 0. The van der Waals surface area contributed by atoms with Crippen LogP contribution in [-0.2, 0) is 14.4 Å². The smallest absolute Gasteiger partial charge is 0.234 e. The summed E-state index contributed by atoms with van der Waals surface area (Å²) in [7, 11) is 0. The van der Waals surface area contributed by atoms with E-state index in [0.717, 1.165) is 10.9 Å². The second-order valence-corrected chi connectivity index (χ2v) is 6.04. The largest absolute Gasteiger partial charge is 0.494 e. The van der Waals surface area contributed by atoms with E-state index in [-0.39, 0.29) is 17.7 Å². The Morgan fingerprint density at radius 2 is 2.24 bits per heavy atom. The van der Waals surface area contributed by atoms with Crippen LogP contribution in [-0.4, -0.2) is 30.9 Å². The minimum atomic E-state index is -0.394. The molecule has 0 spiro atoms. The van der Waals surface area contributed by atoms with Crippen molar-refractivity contribution in [1.82, 2.24) is 10.6 Å². The number of piperidine rings is 1. The van der Waals surface area contributed by atoms with Gasteiger partial charge in [0.2, 0.25) is 17.7 Å². The number of carbonyl (C=O) groups excluding carboxylic acids is 3. The van der Waals surface area contributed by atoms with E-state index in [4.69, 9.17) is 9.15 Å². The predicted octanol–water partition coefficient (Wildman–Crippen LogP) is 1.86. The van der Waals surface area contributed by atoms with Crippen LogP contribution in [0.25, 0.3) is 11.0 Å². The molecule has 1 fully saturated rings. The molecule has 2 heterocycles. The third kappa shape index (κ3) is 3.99. The predicted molar refractivity (Wildman–Crippen MR) is 90.1 cm³/mol. The summed E-state index contributed by atoms with van der Waals surface area (Å²) in [6.07, 6.45) is 3.07. The van der Waals surface area contributed by atoms with Crippen molar-refractivity contribution in [2.24, 2.45) is 0 Å². The third-order valence-electron chi connectivity index (χ3n) is 4.15. The van der Waals surface area contributed by atoms with Crippen molar-refractivity contribution in [3.05, 3.63) is 30.0 Å². The van der Waals surface area contributed by atoms with E-state index in [1.807, 2.05) is 6.07 Å². The number of carbonyl (C=O) groups is 3. The Morgan fingerprint density at radius 3 is 3.00 bits per heavy atom. The molecule has 1 aromatic carbocycles. The lowest BCUT2D eigenvalue weighted by atomic mass is 9.90. The summed E-state index contributed by atoms with van der Waals surface area (Å²) in [6, 6.07) is 5.45. The monoisotopic (exact) mass is 344 g/mol. The highest BCUT2D eigenvalue weighted by Gasteiger charge is 2.30. The summed E-state index contributed by atoms with van der Waals surface area (Å²) in [5.41, 5.74) is 1.44. The van der Waals surface area contributed by atoms with Gasteiger partial charge in [0.1, 0.15) is 11.3 Å². The lowest BCUT2D eigenvalue weighted by Crippen LogP contribution is -2.39. The van der Waals surface area contributed by atoms with Gasteiger partial charge in [-0.25, -0.2) is 0 Å². The summed E-state index contributed by atoms with van der Waals surface area (Å²) < 4.78 is 11.2. The number of ether oxygens (including phenoxy) is 1. The second-order valence-electron chi connectivity index (χ2n) is 6.04. The molecule has 1 unspecified atom stereocenters. The molecule has 132 valence electrons. The van der Waals surface area contributed by atoms with E-state index in [1.54, 1.807) is 18.4 Å². The SMILES string of the molecule is CC(=O)NCCCOc1ccc2occ(C3CCC(=O)NC3=O)c2c1. The van der Waals surface area contributed by atoms with Crippen molar-refractivity contribution in [2.45, 2.75) is 32.1 Å². The van der Waals surface area contributed by atoms with Gasteiger partial charge in [0.05, 0.1) is 18.8 Å². The van der Waals surface area contributed by atoms with Crippen LogP contribution < -0.4 is 15.4 Å². The second kappa shape index (κ2) is 7.38. The fourth-order valence-corrected chi connectivity index (χ4v) is 2.90. The van der Waals surface area contributed by atoms with Gasteiger partial charge < -0.3 is 14.5 Å². The Morgan fingerprint density at radius 1 is 1.40 bits per heavy atom. The molecule has 7 nitrogen and oxygen atoms in total. The van der Waals surface area contributed by atoms with Crippen molar-refractivity contribution >= 4 is 28.7 Å². The fraction of sp³-hybridized carbons (Fsp3) is 0.389. The Labute approximate surface area is 144 Å². The highest BCUT2D eigenvalue weighted by atomic mass is 16.5. The van der Waals surface area contributed by atoms with Crippen molar-refractivity contribution in [3.63, 3.8) is 0 Å². The van der Waals surface area contributed by atoms with Crippen molar-refractivity contribution < 1.29 is 23.5 Å². The minimum absolute atomic E-state index is 0.0614. The quantitative estimate of drug-likeness (QED) is 0.616. The fourth-order valence-electron chi connectivity index (χ4n) is 2.90. The molecular weight excluding hydrogens is 324 g/mol. The van der Waals surface area contributed by atoms with E-state index in [0.29, 0.717) is 43.7 Å². The molecule has 1 saturated heterocycles. The van der Waals surface area contributed by atoms with Crippen LogP contribution in [0.5, 0.6) is 5.75 Å². The topological polar surface area (TPSA) is 97.6 Å². The molecule has 0 saturated carbocycles. The van der Waals surface area contributed by atoms with Gasteiger partial charge in [0.15, 0.2) is 0 Å². The number of furan rings is 1. The summed E-state index contributed by atoms with van der Waals surface area (Å²) in [5, 5.41) is 5.89. The van der Waals surface area contributed by atoms with Crippen LogP contribution in [0.1, 0.15) is 37.7 Å². The Kier molecular flexibility index (Phi) is 5.02. The first kappa shape index (κ1) is 17.0. The zero-order valence-electron chi connectivity index (χ0n) is 14.0. The molecule has 0 bridgehead atoms. The average molecular weight is 344 g/mol. The number of hydrogen-bond acceptors (Lipinski definition) is 5. The lowest BCUT2D eigenvalue weighted by molar-refractivity contribution is -0.134. The summed E-state index contributed by atoms with van der Waals surface area (Å²) in [6.45, 7) is 2.51. The van der Waals surface area contributed by atoms with E-state index in [2.05, 4.69) is 10.6 Å². The Balaban J connectivity index is 1.70. The van der Waals surface area contributed by atoms with Gasteiger partial charge in [-0.2, -0.15) is 0 Å². The maximum Gasteiger partial charge on any atom is 0.234 e. The molecular formula is C18H20N2O5. The molecule has 0 radical (unpaired) electrons. The zero-order chi connectivity index (χ0) is 17.8. The normalized spacial score (nSPS) is 17.4. The number of hydrogen-bond donors (Lipinski definition) is 2. The average Bonchev–Trinajstić information content (AvgIpc) is 2.97. The number of rotatable bonds is 6.